The summed E-state index contributed by atoms with van der Waals surface area (Å²) in [4.78, 5) is 11.8. The third-order valence-electron chi connectivity index (χ3n) is 3.16. The second-order valence-corrected chi connectivity index (χ2v) is 8.09. The molecule has 2 aromatic rings. The van der Waals surface area contributed by atoms with E-state index in [1.807, 2.05) is 0 Å². The van der Waals surface area contributed by atoms with Gasteiger partial charge in [-0.25, -0.2) is 17.6 Å². The molecule has 2 rings (SSSR count). The van der Waals surface area contributed by atoms with Gasteiger partial charge in [0.05, 0.1) is 17.3 Å². The van der Waals surface area contributed by atoms with Gasteiger partial charge in [-0.3, -0.25) is 0 Å². The standard InChI is InChI=1S/C17H16BrFO5S/c18-13-7-8-16(15(19)11-13)24-12-17(20)23-9-4-10-25(21,22)14-5-2-1-3-6-14/h1-3,5-8,11H,4,9-10,12H2. The molecular formula is C17H16BrFO5S. The number of rotatable bonds is 8. The first-order valence-corrected chi connectivity index (χ1v) is 9.84. The van der Waals surface area contributed by atoms with Gasteiger partial charge in [-0.2, -0.15) is 0 Å². The Balaban J connectivity index is 1.72. The van der Waals surface area contributed by atoms with Gasteiger partial charge >= 0.3 is 5.97 Å². The number of esters is 1. The van der Waals surface area contributed by atoms with Gasteiger partial charge in [-0.15, -0.1) is 0 Å². The maximum Gasteiger partial charge on any atom is 0.344 e. The number of ether oxygens (including phenoxy) is 2. The van der Waals surface area contributed by atoms with E-state index < -0.39 is 28.2 Å². The third-order valence-corrected chi connectivity index (χ3v) is 5.47. The number of hydrogen-bond donors (Lipinski definition) is 0. The van der Waals surface area contributed by atoms with Crippen molar-refractivity contribution in [1.82, 2.24) is 0 Å². The first-order valence-electron chi connectivity index (χ1n) is 7.40. The first-order chi connectivity index (χ1) is 11.9. The molecule has 0 unspecified atom stereocenters. The van der Waals surface area contributed by atoms with Crippen LogP contribution < -0.4 is 4.74 Å². The van der Waals surface area contributed by atoms with Gasteiger partial charge < -0.3 is 9.47 Å². The predicted molar refractivity (Wildman–Crippen MR) is 93.7 cm³/mol. The van der Waals surface area contributed by atoms with Crippen LogP contribution in [0.25, 0.3) is 0 Å². The zero-order valence-electron chi connectivity index (χ0n) is 13.2. The summed E-state index contributed by atoms with van der Waals surface area (Å²) in [5.41, 5.74) is 0. The fraction of sp³-hybridized carbons (Fsp3) is 0.235. The summed E-state index contributed by atoms with van der Waals surface area (Å²) < 4.78 is 48.1. The molecule has 0 fully saturated rings. The van der Waals surface area contributed by atoms with Gasteiger partial charge in [0.2, 0.25) is 0 Å². The number of sulfone groups is 1. The topological polar surface area (TPSA) is 69.7 Å². The Hall–Kier alpha value is -1.93. The molecule has 0 aliphatic carbocycles. The molecule has 8 heteroatoms. The predicted octanol–water partition coefficient (Wildman–Crippen LogP) is 3.37. The molecule has 0 aliphatic heterocycles. The van der Waals surface area contributed by atoms with Crippen LogP contribution in [-0.2, 0) is 19.4 Å². The molecule has 0 N–H and O–H groups in total. The molecule has 134 valence electrons. The zero-order valence-corrected chi connectivity index (χ0v) is 15.6. The fourth-order valence-corrected chi connectivity index (χ4v) is 3.59. The molecule has 0 bridgehead atoms. The molecule has 0 saturated heterocycles. The van der Waals surface area contributed by atoms with Crippen LogP contribution in [0.5, 0.6) is 5.75 Å². The molecule has 0 radical (unpaired) electrons. The minimum atomic E-state index is -3.40. The number of carbonyl (C=O) groups excluding carboxylic acids is 1. The van der Waals surface area contributed by atoms with Crippen molar-refractivity contribution >= 4 is 31.7 Å². The van der Waals surface area contributed by atoms with Crippen LogP contribution in [0.1, 0.15) is 6.42 Å². The first kappa shape index (κ1) is 19.4. The molecule has 2 aromatic carbocycles. The van der Waals surface area contributed by atoms with Crippen LogP contribution in [0, 0.1) is 5.82 Å². The minimum Gasteiger partial charge on any atom is -0.479 e. The van der Waals surface area contributed by atoms with Gasteiger partial charge in [-0.05, 0) is 36.8 Å². The van der Waals surface area contributed by atoms with E-state index in [0.29, 0.717) is 4.47 Å². The summed E-state index contributed by atoms with van der Waals surface area (Å²) in [6.45, 7) is -0.513. The Morgan fingerprint density at radius 2 is 1.84 bits per heavy atom. The second-order valence-electron chi connectivity index (χ2n) is 5.07. The Kier molecular flexibility index (Phi) is 6.95. The lowest BCUT2D eigenvalue weighted by atomic mass is 10.3. The third kappa shape index (κ3) is 6.13. The van der Waals surface area contributed by atoms with Crippen molar-refractivity contribution in [3.05, 3.63) is 58.8 Å². The molecule has 25 heavy (non-hydrogen) atoms. The van der Waals surface area contributed by atoms with Crippen molar-refractivity contribution in [2.24, 2.45) is 0 Å². The summed E-state index contributed by atoms with van der Waals surface area (Å²) in [6.07, 6.45) is 0.162. The lowest BCUT2D eigenvalue weighted by molar-refractivity contribution is -0.146. The highest BCUT2D eigenvalue weighted by molar-refractivity contribution is 9.10. The van der Waals surface area contributed by atoms with Crippen molar-refractivity contribution in [3.63, 3.8) is 0 Å². The van der Waals surface area contributed by atoms with Crippen molar-refractivity contribution in [1.29, 1.82) is 0 Å². The number of halogens is 2. The van der Waals surface area contributed by atoms with Crippen molar-refractivity contribution in [2.45, 2.75) is 11.3 Å². The van der Waals surface area contributed by atoms with Crippen LogP contribution in [0.4, 0.5) is 4.39 Å². The molecule has 0 heterocycles. The number of hydrogen-bond acceptors (Lipinski definition) is 5. The molecule has 0 spiro atoms. The second kappa shape index (κ2) is 8.96. The molecule has 0 aliphatic rings. The quantitative estimate of drug-likeness (QED) is 0.474. The summed E-state index contributed by atoms with van der Waals surface area (Å²) in [5.74, 6) is -1.49. The lowest BCUT2D eigenvalue weighted by Crippen LogP contribution is -2.17. The SMILES string of the molecule is O=C(COc1ccc(Br)cc1F)OCCCS(=O)(=O)c1ccccc1. The summed E-state index contributed by atoms with van der Waals surface area (Å²) in [5, 5.41) is 0. The average Bonchev–Trinajstić information content (AvgIpc) is 2.59. The van der Waals surface area contributed by atoms with Crippen LogP contribution >= 0.6 is 15.9 Å². The summed E-state index contributed by atoms with van der Waals surface area (Å²) >= 11 is 3.11. The maximum absolute atomic E-state index is 13.5. The van der Waals surface area contributed by atoms with E-state index in [1.165, 1.54) is 24.3 Å². The van der Waals surface area contributed by atoms with Crippen LogP contribution in [0.15, 0.2) is 57.9 Å². The van der Waals surface area contributed by atoms with Gasteiger partial charge in [0, 0.05) is 4.47 Å². The highest BCUT2D eigenvalue weighted by Crippen LogP contribution is 2.21. The van der Waals surface area contributed by atoms with E-state index in [2.05, 4.69) is 15.9 Å². The minimum absolute atomic E-state index is 0.0585. The maximum atomic E-state index is 13.5. The molecule has 5 nitrogen and oxygen atoms in total. The van der Waals surface area contributed by atoms with Gasteiger partial charge in [-0.1, -0.05) is 34.1 Å². The molecular weight excluding hydrogens is 415 g/mol. The summed E-state index contributed by atoms with van der Waals surface area (Å²) in [7, 11) is -3.40. The number of benzene rings is 2. The molecule has 0 aromatic heterocycles. The molecule has 0 amide bonds. The van der Waals surface area contributed by atoms with Crippen LogP contribution in [0.2, 0.25) is 0 Å². The van der Waals surface area contributed by atoms with E-state index in [1.54, 1.807) is 24.3 Å². The van der Waals surface area contributed by atoms with E-state index >= 15 is 0 Å². The Labute approximate surface area is 153 Å². The van der Waals surface area contributed by atoms with Crippen LogP contribution in [-0.4, -0.2) is 33.4 Å². The van der Waals surface area contributed by atoms with Crippen LogP contribution in [0.3, 0.4) is 0 Å². The van der Waals surface area contributed by atoms with Crippen molar-refractivity contribution < 1.29 is 27.1 Å². The van der Waals surface area contributed by atoms with Crippen molar-refractivity contribution in [3.8, 4) is 5.75 Å². The zero-order chi connectivity index (χ0) is 18.3. The Morgan fingerprint density at radius 3 is 2.52 bits per heavy atom. The fourth-order valence-electron chi connectivity index (χ4n) is 1.95. The van der Waals surface area contributed by atoms with E-state index in [9.17, 15) is 17.6 Å². The Bertz CT molecular complexity index is 824. The molecule has 0 saturated carbocycles. The monoisotopic (exact) mass is 430 g/mol. The van der Waals surface area contributed by atoms with Gasteiger partial charge in [0.15, 0.2) is 28.0 Å². The summed E-state index contributed by atoms with van der Waals surface area (Å²) in [6, 6.07) is 12.2. The van der Waals surface area contributed by atoms with Gasteiger partial charge in [0.1, 0.15) is 0 Å². The highest BCUT2D eigenvalue weighted by Gasteiger charge is 2.14. The lowest BCUT2D eigenvalue weighted by Gasteiger charge is -2.08. The normalized spacial score (nSPS) is 11.1. The highest BCUT2D eigenvalue weighted by atomic mass is 79.9. The smallest absolute Gasteiger partial charge is 0.344 e. The van der Waals surface area contributed by atoms with Crippen molar-refractivity contribution in [2.75, 3.05) is 19.0 Å². The Morgan fingerprint density at radius 1 is 1.12 bits per heavy atom. The van der Waals surface area contributed by atoms with E-state index in [0.717, 1.165) is 0 Å². The molecule has 0 atom stereocenters. The van der Waals surface area contributed by atoms with Gasteiger partial charge in [0.25, 0.3) is 0 Å². The average molecular weight is 431 g/mol. The van der Waals surface area contributed by atoms with E-state index in [4.69, 9.17) is 9.47 Å². The largest absolute Gasteiger partial charge is 0.479 e. The number of carbonyl (C=O) groups is 1. The van der Waals surface area contributed by atoms with E-state index in [-0.39, 0.29) is 29.4 Å².